The second-order valence-electron chi connectivity index (χ2n) is 5.06. The minimum atomic E-state index is 0.549. The van der Waals surface area contributed by atoms with E-state index in [1.807, 2.05) is 25.1 Å². The molecule has 1 heterocycles. The Balaban J connectivity index is 2.14. The number of benzene rings is 1. The first kappa shape index (κ1) is 13.3. The van der Waals surface area contributed by atoms with Crippen molar-refractivity contribution >= 4 is 17.3 Å². The first-order chi connectivity index (χ1) is 9.06. The van der Waals surface area contributed by atoms with Gasteiger partial charge in [0.05, 0.1) is 0 Å². The Labute approximate surface area is 114 Å². The van der Waals surface area contributed by atoms with Crippen molar-refractivity contribution in [2.75, 3.05) is 24.3 Å². The van der Waals surface area contributed by atoms with E-state index in [0.29, 0.717) is 5.92 Å². The minimum Gasteiger partial charge on any atom is -0.363 e. The highest BCUT2D eigenvalue weighted by atomic mass is 15.2. The van der Waals surface area contributed by atoms with Crippen molar-refractivity contribution in [3.8, 4) is 0 Å². The van der Waals surface area contributed by atoms with Gasteiger partial charge in [-0.05, 0) is 23.6 Å². The molecule has 0 amide bonds. The fourth-order valence-electron chi connectivity index (χ4n) is 1.76. The van der Waals surface area contributed by atoms with Crippen LogP contribution in [0.4, 0.5) is 17.3 Å². The van der Waals surface area contributed by atoms with E-state index in [9.17, 15) is 0 Å². The maximum absolute atomic E-state index is 4.23. The summed E-state index contributed by atoms with van der Waals surface area (Å²) in [7, 11) is 3.92. The molecule has 100 valence electrons. The highest BCUT2D eigenvalue weighted by molar-refractivity contribution is 5.59. The van der Waals surface area contributed by atoms with Crippen LogP contribution in [-0.2, 0) is 0 Å². The van der Waals surface area contributed by atoms with Gasteiger partial charge in [0.2, 0.25) is 0 Å². The van der Waals surface area contributed by atoms with Gasteiger partial charge in [-0.25, -0.2) is 9.97 Å². The lowest BCUT2D eigenvalue weighted by Crippen LogP contribution is -2.11. The van der Waals surface area contributed by atoms with Crippen LogP contribution < -0.4 is 10.2 Å². The van der Waals surface area contributed by atoms with E-state index in [1.165, 1.54) is 5.56 Å². The van der Waals surface area contributed by atoms with Crippen molar-refractivity contribution in [3.63, 3.8) is 0 Å². The quantitative estimate of drug-likeness (QED) is 0.910. The van der Waals surface area contributed by atoms with E-state index in [1.54, 1.807) is 6.33 Å². The molecule has 0 atom stereocenters. The summed E-state index contributed by atoms with van der Waals surface area (Å²) < 4.78 is 0. The molecule has 1 N–H and O–H groups in total. The predicted octanol–water partition coefficient (Wildman–Crippen LogP) is 3.41. The highest BCUT2D eigenvalue weighted by Gasteiger charge is 2.02. The molecule has 1 aromatic heterocycles. The summed E-state index contributed by atoms with van der Waals surface area (Å²) in [6, 6.07) is 10.4. The fourth-order valence-corrected chi connectivity index (χ4v) is 1.76. The summed E-state index contributed by atoms with van der Waals surface area (Å²) in [6.07, 6.45) is 1.57. The van der Waals surface area contributed by atoms with Gasteiger partial charge in [-0.1, -0.05) is 26.0 Å². The Morgan fingerprint density at radius 2 is 1.74 bits per heavy atom. The minimum absolute atomic E-state index is 0.549. The Kier molecular flexibility index (Phi) is 4.00. The summed E-state index contributed by atoms with van der Waals surface area (Å²) in [4.78, 5) is 10.4. The van der Waals surface area contributed by atoms with Gasteiger partial charge in [0.1, 0.15) is 18.0 Å². The maximum Gasteiger partial charge on any atom is 0.135 e. The summed E-state index contributed by atoms with van der Waals surface area (Å²) in [5, 5.41) is 3.29. The van der Waals surface area contributed by atoms with Crippen LogP contribution in [0.3, 0.4) is 0 Å². The van der Waals surface area contributed by atoms with E-state index < -0.39 is 0 Å². The first-order valence-corrected chi connectivity index (χ1v) is 6.42. The van der Waals surface area contributed by atoms with E-state index >= 15 is 0 Å². The van der Waals surface area contributed by atoms with E-state index in [4.69, 9.17) is 0 Å². The summed E-state index contributed by atoms with van der Waals surface area (Å²) in [6.45, 7) is 4.38. The van der Waals surface area contributed by atoms with Crippen molar-refractivity contribution in [1.82, 2.24) is 9.97 Å². The molecule has 0 bridgehead atoms. The van der Waals surface area contributed by atoms with Gasteiger partial charge in [0.25, 0.3) is 0 Å². The Morgan fingerprint density at radius 3 is 2.32 bits per heavy atom. The fraction of sp³-hybridized carbons (Fsp3) is 0.333. The molecule has 4 nitrogen and oxygen atoms in total. The molecule has 2 rings (SSSR count). The zero-order chi connectivity index (χ0) is 13.8. The van der Waals surface area contributed by atoms with Gasteiger partial charge in [-0.15, -0.1) is 0 Å². The third-order valence-corrected chi connectivity index (χ3v) is 2.96. The number of nitrogens with zero attached hydrogens (tertiary/aromatic N) is 3. The predicted molar refractivity (Wildman–Crippen MR) is 80.2 cm³/mol. The lowest BCUT2D eigenvalue weighted by molar-refractivity contribution is 0.867. The molecule has 0 saturated heterocycles. The smallest absolute Gasteiger partial charge is 0.135 e. The van der Waals surface area contributed by atoms with Gasteiger partial charge in [0, 0.05) is 25.8 Å². The Morgan fingerprint density at radius 1 is 1.05 bits per heavy atom. The molecule has 0 radical (unpaired) electrons. The van der Waals surface area contributed by atoms with Crippen LogP contribution in [0.25, 0.3) is 0 Å². The van der Waals surface area contributed by atoms with Crippen molar-refractivity contribution in [2.45, 2.75) is 19.8 Å². The highest BCUT2D eigenvalue weighted by Crippen LogP contribution is 2.20. The number of rotatable bonds is 4. The first-order valence-electron chi connectivity index (χ1n) is 6.42. The zero-order valence-corrected chi connectivity index (χ0v) is 11.9. The molecule has 19 heavy (non-hydrogen) atoms. The Hall–Kier alpha value is -2.10. The van der Waals surface area contributed by atoms with E-state index in [-0.39, 0.29) is 0 Å². The number of nitrogens with one attached hydrogen (secondary N) is 1. The van der Waals surface area contributed by atoms with Crippen LogP contribution >= 0.6 is 0 Å². The molecular formula is C15H20N4. The summed E-state index contributed by atoms with van der Waals surface area (Å²) in [5.74, 6) is 2.24. The molecule has 4 heteroatoms. The molecule has 2 aromatic rings. The average Bonchev–Trinajstić information content (AvgIpc) is 2.39. The number of anilines is 3. The standard InChI is InChI=1S/C15H20N4/c1-11(2)12-5-7-13(8-6-12)18-14-9-15(19(3)4)17-10-16-14/h5-11H,1-4H3,(H,16,17,18). The molecular weight excluding hydrogens is 236 g/mol. The molecule has 0 aliphatic carbocycles. The lowest BCUT2D eigenvalue weighted by atomic mass is 10.0. The number of aromatic nitrogens is 2. The van der Waals surface area contributed by atoms with Crippen LogP contribution in [0.1, 0.15) is 25.3 Å². The molecule has 1 aromatic carbocycles. The van der Waals surface area contributed by atoms with Crippen LogP contribution in [0, 0.1) is 0 Å². The average molecular weight is 256 g/mol. The zero-order valence-electron chi connectivity index (χ0n) is 11.9. The van der Waals surface area contributed by atoms with Gasteiger partial charge < -0.3 is 10.2 Å². The van der Waals surface area contributed by atoms with Crippen LogP contribution in [0.5, 0.6) is 0 Å². The molecule has 0 aliphatic rings. The van der Waals surface area contributed by atoms with E-state index in [0.717, 1.165) is 17.3 Å². The second-order valence-corrected chi connectivity index (χ2v) is 5.06. The monoisotopic (exact) mass is 256 g/mol. The largest absolute Gasteiger partial charge is 0.363 e. The topological polar surface area (TPSA) is 41.0 Å². The van der Waals surface area contributed by atoms with Crippen LogP contribution in [0.2, 0.25) is 0 Å². The maximum atomic E-state index is 4.23. The SMILES string of the molecule is CC(C)c1ccc(Nc2cc(N(C)C)ncn2)cc1. The van der Waals surface area contributed by atoms with Crippen molar-refractivity contribution in [3.05, 3.63) is 42.2 Å². The van der Waals surface area contributed by atoms with Crippen LogP contribution in [-0.4, -0.2) is 24.1 Å². The van der Waals surface area contributed by atoms with Crippen molar-refractivity contribution in [2.24, 2.45) is 0 Å². The molecule has 0 unspecified atom stereocenters. The summed E-state index contributed by atoms with van der Waals surface area (Å²) >= 11 is 0. The molecule has 0 fully saturated rings. The molecule has 0 spiro atoms. The molecule has 0 aliphatic heterocycles. The van der Waals surface area contributed by atoms with Crippen molar-refractivity contribution < 1.29 is 0 Å². The molecule has 0 saturated carbocycles. The van der Waals surface area contributed by atoms with Gasteiger partial charge >= 0.3 is 0 Å². The third kappa shape index (κ3) is 3.44. The van der Waals surface area contributed by atoms with Gasteiger partial charge in [-0.3, -0.25) is 0 Å². The normalized spacial score (nSPS) is 10.6. The van der Waals surface area contributed by atoms with E-state index in [2.05, 4.69) is 53.4 Å². The number of hydrogen-bond donors (Lipinski definition) is 1. The Bertz CT molecular complexity index is 532. The summed E-state index contributed by atoms with van der Waals surface area (Å²) in [5.41, 5.74) is 2.37. The third-order valence-electron chi connectivity index (χ3n) is 2.96. The lowest BCUT2D eigenvalue weighted by Gasteiger charge is -2.13. The second kappa shape index (κ2) is 5.69. The van der Waals surface area contributed by atoms with Crippen LogP contribution in [0.15, 0.2) is 36.7 Å². The van der Waals surface area contributed by atoms with Crippen molar-refractivity contribution in [1.29, 1.82) is 0 Å². The number of hydrogen-bond acceptors (Lipinski definition) is 4. The van der Waals surface area contributed by atoms with Gasteiger partial charge in [0.15, 0.2) is 0 Å². The van der Waals surface area contributed by atoms with Gasteiger partial charge in [-0.2, -0.15) is 0 Å².